The number of hydrogen-bond acceptors (Lipinski definition) is 5. The Bertz CT molecular complexity index is 847. The molecular weight excluding hydrogens is 294 g/mol. The number of aromatic nitrogens is 2. The zero-order valence-corrected chi connectivity index (χ0v) is 12.2. The molecule has 0 spiro atoms. The van der Waals surface area contributed by atoms with Crippen LogP contribution in [0.3, 0.4) is 0 Å². The van der Waals surface area contributed by atoms with Crippen LogP contribution in [0.4, 0.5) is 0 Å². The van der Waals surface area contributed by atoms with E-state index in [2.05, 4.69) is 4.98 Å². The third-order valence-corrected chi connectivity index (χ3v) is 3.15. The molecule has 2 heterocycles. The average molecular weight is 307 g/mol. The Morgan fingerprint density at radius 2 is 2.04 bits per heavy atom. The van der Waals surface area contributed by atoms with Crippen molar-refractivity contribution in [2.45, 2.75) is 6.61 Å². The van der Waals surface area contributed by atoms with E-state index in [1.54, 1.807) is 30.5 Å². The van der Waals surface area contributed by atoms with E-state index in [-0.39, 0.29) is 13.2 Å². The predicted molar refractivity (Wildman–Crippen MR) is 81.6 cm³/mol. The van der Waals surface area contributed by atoms with Gasteiger partial charge in [0.1, 0.15) is 24.1 Å². The first-order valence-electron chi connectivity index (χ1n) is 6.96. The number of carbonyl (C=O) groups is 1. The predicted octanol–water partition coefficient (Wildman–Crippen LogP) is 2.33. The van der Waals surface area contributed by atoms with Crippen LogP contribution >= 0.6 is 0 Å². The molecule has 0 aliphatic heterocycles. The summed E-state index contributed by atoms with van der Waals surface area (Å²) in [7, 11) is 0. The van der Waals surface area contributed by atoms with Gasteiger partial charge in [0.05, 0.1) is 11.3 Å². The fourth-order valence-electron chi connectivity index (χ4n) is 2.07. The highest BCUT2D eigenvalue weighted by Gasteiger charge is 2.09. The molecule has 6 nitrogen and oxygen atoms in total. The fraction of sp³-hybridized carbons (Fsp3) is 0.118. The number of benzene rings is 1. The minimum absolute atomic E-state index is 0.0732. The van der Waals surface area contributed by atoms with Gasteiger partial charge in [0.15, 0.2) is 6.61 Å². The molecule has 0 fully saturated rings. The Hall–Kier alpha value is -3.33. The van der Waals surface area contributed by atoms with Crippen molar-refractivity contribution in [1.29, 1.82) is 5.26 Å². The summed E-state index contributed by atoms with van der Waals surface area (Å²) in [6, 6.07) is 14.4. The Morgan fingerprint density at radius 3 is 2.87 bits per heavy atom. The number of rotatable bonds is 5. The van der Waals surface area contributed by atoms with Crippen LogP contribution in [0.15, 0.2) is 54.9 Å². The lowest BCUT2D eigenvalue weighted by atomic mass is 10.2. The van der Waals surface area contributed by atoms with Crippen LogP contribution in [0, 0.1) is 11.3 Å². The molecule has 0 aliphatic carbocycles. The van der Waals surface area contributed by atoms with Crippen molar-refractivity contribution in [3.63, 3.8) is 0 Å². The molecule has 0 saturated carbocycles. The van der Waals surface area contributed by atoms with Crippen molar-refractivity contribution in [2.24, 2.45) is 0 Å². The van der Waals surface area contributed by atoms with Gasteiger partial charge in [0, 0.05) is 12.4 Å². The summed E-state index contributed by atoms with van der Waals surface area (Å²) in [5.74, 6) is -0.158. The van der Waals surface area contributed by atoms with E-state index >= 15 is 0 Å². The van der Waals surface area contributed by atoms with Gasteiger partial charge in [-0.3, -0.25) is 0 Å². The third kappa shape index (κ3) is 3.47. The van der Waals surface area contributed by atoms with Gasteiger partial charge in [-0.05, 0) is 24.3 Å². The highest BCUT2D eigenvalue weighted by Crippen LogP contribution is 2.16. The van der Waals surface area contributed by atoms with E-state index in [0.29, 0.717) is 17.0 Å². The smallest absolute Gasteiger partial charge is 0.344 e. The van der Waals surface area contributed by atoms with Crippen molar-refractivity contribution in [2.75, 3.05) is 6.61 Å². The van der Waals surface area contributed by atoms with E-state index < -0.39 is 5.97 Å². The Morgan fingerprint density at radius 1 is 1.22 bits per heavy atom. The lowest BCUT2D eigenvalue weighted by Crippen LogP contribution is -2.15. The van der Waals surface area contributed by atoms with E-state index in [1.807, 2.05) is 34.9 Å². The molecule has 0 radical (unpaired) electrons. The number of nitrogens with zero attached hydrogens (tertiary/aromatic N) is 3. The molecule has 0 bridgehead atoms. The monoisotopic (exact) mass is 307 g/mol. The number of fused-ring (bicyclic) bond motifs is 1. The third-order valence-electron chi connectivity index (χ3n) is 3.15. The largest absolute Gasteiger partial charge is 0.481 e. The summed E-state index contributed by atoms with van der Waals surface area (Å²) in [5.41, 5.74) is 1.82. The van der Waals surface area contributed by atoms with Crippen molar-refractivity contribution >= 4 is 11.6 Å². The number of pyridine rings is 1. The summed E-state index contributed by atoms with van der Waals surface area (Å²) in [5, 5.41) is 8.95. The van der Waals surface area contributed by atoms with Gasteiger partial charge in [-0.25, -0.2) is 9.78 Å². The molecular formula is C17H13N3O3. The Kier molecular flexibility index (Phi) is 4.20. The number of para-hydroxylation sites is 1. The van der Waals surface area contributed by atoms with Gasteiger partial charge < -0.3 is 13.9 Å². The first-order chi connectivity index (χ1) is 11.3. The number of esters is 1. The van der Waals surface area contributed by atoms with Gasteiger partial charge in [-0.1, -0.05) is 18.2 Å². The van der Waals surface area contributed by atoms with Gasteiger partial charge in [0.2, 0.25) is 0 Å². The molecule has 114 valence electrons. The van der Waals surface area contributed by atoms with Crippen LogP contribution in [-0.4, -0.2) is 22.0 Å². The summed E-state index contributed by atoms with van der Waals surface area (Å²) < 4.78 is 12.3. The van der Waals surface area contributed by atoms with Gasteiger partial charge in [0.25, 0.3) is 0 Å². The van der Waals surface area contributed by atoms with E-state index in [4.69, 9.17) is 14.7 Å². The molecule has 1 aromatic carbocycles. The standard InChI is InChI=1S/C17H13N3O3/c18-9-13-5-1-2-6-15(13)22-12-17(21)23-11-14-10-20-8-4-3-7-16(20)19-14/h1-8,10H,11-12H2. The van der Waals surface area contributed by atoms with Gasteiger partial charge >= 0.3 is 5.97 Å². The number of imidazole rings is 1. The average Bonchev–Trinajstić information content (AvgIpc) is 3.01. The molecule has 0 N–H and O–H groups in total. The minimum Gasteiger partial charge on any atom is -0.481 e. The summed E-state index contributed by atoms with van der Waals surface area (Å²) >= 11 is 0. The molecule has 3 aromatic rings. The SMILES string of the molecule is N#Cc1ccccc1OCC(=O)OCc1cn2ccccc2n1. The van der Waals surface area contributed by atoms with Crippen molar-refractivity contribution < 1.29 is 14.3 Å². The second-order valence-corrected chi connectivity index (χ2v) is 4.76. The summed E-state index contributed by atoms with van der Waals surface area (Å²) in [6.45, 7) is -0.185. The summed E-state index contributed by atoms with van der Waals surface area (Å²) in [4.78, 5) is 16.1. The van der Waals surface area contributed by atoms with Crippen LogP contribution in [0.1, 0.15) is 11.3 Å². The first kappa shape index (κ1) is 14.6. The second-order valence-electron chi connectivity index (χ2n) is 4.76. The first-order valence-corrected chi connectivity index (χ1v) is 6.96. The topological polar surface area (TPSA) is 76.6 Å². The maximum atomic E-state index is 11.7. The number of nitriles is 1. The van der Waals surface area contributed by atoms with Crippen LogP contribution < -0.4 is 4.74 Å². The van der Waals surface area contributed by atoms with Crippen LogP contribution in [0.2, 0.25) is 0 Å². The van der Waals surface area contributed by atoms with Crippen molar-refractivity contribution in [1.82, 2.24) is 9.38 Å². The molecule has 0 saturated heterocycles. The van der Waals surface area contributed by atoms with Crippen molar-refractivity contribution in [3.8, 4) is 11.8 Å². The van der Waals surface area contributed by atoms with E-state index in [1.165, 1.54) is 0 Å². The Balaban J connectivity index is 1.54. The second kappa shape index (κ2) is 6.62. The zero-order valence-electron chi connectivity index (χ0n) is 12.2. The normalized spacial score (nSPS) is 10.2. The lowest BCUT2D eigenvalue weighted by molar-refractivity contribution is -0.147. The van der Waals surface area contributed by atoms with Crippen LogP contribution in [0.5, 0.6) is 5.75 Å². The maximum absolute atomic E-state index is 11.7. The number of carbonyl (C=O) groups excluding carboxylic acids is 1. The lowest BCUT2D eigenvalue weighted by Gasteiger charge is -2.07. The molecule has 3 rings (SSSR count). The van der Waals surface area contributed by atoms with Crippen LogP contribution in [-0.2, 0) is 16.1 Å². The van der Waals surface area contributed by atoms with Gasteiger partial charge in [-0.15, -0.1) is 0 Å². The highest BCUT2D eigenvalue weighted by molar-refractivity contribution is 5.71. The molecule has 0 aliphatic rings. The summed E-state index contributed by atoms with van der Waals surface area (Å²) in [6.07, 6.45) is 3.67. The highest BCUT2D eigenvalue weighted by atomic mass is 16.6. The molecule has 0 atom stereocenters. The molecule has 0 amide bonds. The molecule has 0 unspecified atom stereocenters. The maximum Gasteiger partial charge on any atom is 0.344 e. The number of hydrogen-bond donors (Lipinski definition) is 0. The van der Waals surface area contributed by atoms with Gasteiger partial charge in [-0.2, -0.15) is 5.26 Å². The fourth-order valence-corrected chi connectivity index (χ4v) is 2.07. The van der Waals surface area contributed by atoms with E-state index in [9.17, 15) is 4.79 Å². The quantitative estimate of drug-likeness (QED) is 0.676. The van der Waals surface area contributed by atoms with E-state index in [0.717, 1.165) is 5.65 Å². The minimum atomic E-state index is -0.519. The Labute approximate surface area is 132 Å². The van der Waals surface area contributed by atoms with Crippen molar-refractivity contribution in [3.05, 3.63) is 66.1 Å². The molecule has 23 heavy (non-hydrogen) atoms. The van der Waals surface area contributed by atoms with Crippen LogP contribution in [0.25, 0.3) is 5.65 Å². The number of ether oxygens (including phenoxy) is 2. The molecule has 6 heteroatoms. The zero-order chi connectivity index (χ0) is 16.1. The molecule has 2 aromatic heterocycles.